The summed E-state index contributed by atoms with van der Waals surface area (Å²) >= 11 is 0. The number of nitrogens with one attached hydrogen (secondary N) is 2. The number of benzene rings is 1. The van der Waals surface area contributed by atoms with Gasteiger partial charge < -0.3 is 20.1 Å². The third kappa shape index (κ3) is 5.88. The molecular weight excluding hydrogens is 376 g/mol. The normalized spacial score (nSPS) is 22.5. The maximum atomic E-state index is 5.67. The van der Waals surface area contributed by atoms with Gasteiger partial charge >= 0.3 is 0 Å². The van der Waals surface area contributed by atoms with E-state index in [-0.39, 0.29) is 5.41 Å². The number of ether oxygens (including phenoxy) is 2. The Balaban J connectivity index is 1.55. The van der Waals surface area contributed by atoms with Crippen LogP contribution in [0.5, 0.6) is 5.75 Å². The molecule has 168 valence electrons. The Bertz CT molecular complexity index is 656. The molecule has 1 aromatic carbocycles. The second-order valence-corrected chi connectivity index (χ2v) is 8.57. The number of nitrogens with zero attached hydrogens (tertiary/aromatic N) is 2. The number of guanidine groups is 1. The third-order valence-corrected chi connectivity index (χ3v) is 6.88. The molecule has 6 nitrogen and oxygen atoms in total. The predicted molar refractivity (Wildman–Crippen MR) is 124 cm³/mol. The zero-order valence-corrected chi connectivity index (χ0v) is 19.1. The van der Waals surface area contributed by atoms with E-state index in [0.717, 1.165) is 63.4 Å². The van der Waals surface area contributed by atoms with Crippen LogP contribution in [0, 0.1) is 0 Å². The molecule has 30 heavy (non-hydrogen) atoms. The van der Waals surface area contributed by atoms with E-state index in [0.29, 0.717) is 0 Å². The Morgan fingerprint density at radius 2 is 1.97 bits per heavy atom. The first kappa shape index (κ1) is 22.9. The number of hydrogen-bond donors (Lipinski definition) is 2. The first-order chi connectivity index (χ1) is 14.7. The largest absolute Gasteiger partial charge is 0.497 e. The van der Waals surface area contributed by atoms with Crippen LogP contribution in [0.4, 0.5) is 0 Å². The highest BCUT2D eigenvalue weighted by Crippen LogP contribution is 2.35. The molecule has 0 aliphatic carbocycles. The molecule has 0 amide bonds. The molecule has 0 radical (unpaired) electrons. The molecule has 1 atom stereocenters. The van der Waals surface area contributed by atoms with Crippen LogP contribution in [0.1, 0.15) is 51.0 Å². The Labute approximate surface area is 182 Å². The molecule has 2 heterocycles. The molecule has 2 N–H and O–H groups in total. The highest BCUT2D eigenvalue weighted by Gasteiger charge is 2.34. The van der Waals surface area contributed by atoms with Crippen LogP contribution < -0.4 is 15.4 Å². The van der Waals surface area contributed by atoms with Crippen molar-refractivity contribution in [3.05, 3.63) is 29.8 Å². The summed E-state index contributed by atoms with van der Waals surface area (Å²) in [7, 11) is 3.57. The zero-order valence-electron chi connectivity index (χ0n) is 19.1. The van der Waals surface area contributed by atoms with Crippen LogP contribution in [-0.4, -0.2) is 70.5 Å². The van der Waals surface area contributed by atoms with Gasteiger partial charge in [-0.3, -0.25) is 9.89 Å². The molecule has 6 heteroatoms. The van der Waals surface area contributed by atoms with Gasteiger partial charge in [-0.2, -0.15) is 0 Å². The minimum absolute atomic E-state index is 0.0579. The zero-order chi connectivity index (χ0) is 21.2. The van der Waals surface area contributed by atoms with Crippen LogP contribution in [0.2, 0.25) is 0 Å². The number of likely N-dealkylation sites (tertiary alicyclic amines) is 1. The Morgan fingerprint density at radius 3 is 2.63 bits per heavy atom. The second kappa shape index (κ2) is 11.6. The van der Waals surface area contributed by atoms with Crippen LogP contribution in [0.25, 0.3) is 0 Å². The minimum Gasteiger partial charge on any atom is -0.497 e. The van der Waals surface area contributed by atoms with Gasteiger partial charge in [0.15, 0.2) is 5.96 Å². The highest BCUT2D eigenvalue weighted by atomic mass is 16.5. The van der Waals surface area contributed by atoms with Gasteiger partial charge in [0, 0.05) is 51.4 Å². The second-order valence-electron chi connectivity index (χ2n) is 8.57. The van der Waals surface area contributed by atoms with Gasteiger partial charge in [-0.1, -0.05) is 25.5 Å². The molecule has 1 unspecified atom stereocenters. The predicted octanol–water partition coefficient (Wildman–Crippen LogP) is 3.17. The van der Waals surface area contributed by atoms with E-state index in [2.05, 4.69) is 51.7 Å². The van der Waals surface area contributed by atoms with Gasteiger partial charge in [0.05, 0.1) is 7.11 Å². The summed E-state index contributed by atoms with van der Waals surface area (Å²) in [4.78, 5) is 7.11. The van der Waals surface area contributed by atoms with E-state index < -0.39 is 0 Å². The lowest BCUT2D eigenvalue weighted by Crippen LogP contribution is -2.50. The maximum Gasteiger partial charge on any atom is 0.191 e. The molecule has 0 saturated carbocycles. The van der Waals surface area contributed by atoms with Crippen LogP contribution in [-0.2, 0) is 10.2 Å². The van der Waals surface area contributed by atoms with Crippen LogP contribution >= 0.6 is 0 Å². The van der Waals surface area contributed by atoms with E-state index in [1.54, 1.807) is 7.11 Å². The number of aliphatic imine (C=N–C) groups is 1. The van der Waals surface area contributed by atoms with E-state index in [4.69, 9.17) is 9.47 Å². The highest BCUT2D eigenvalue weighted by molar-refractivity contribution is 5.79. The summed E-state index contributed by atoms with van der Waals surface area (Å²) in [6.45, 7) is 7.99. The lowest BCUT2D eigenvalue weighted by Gasteiger charge is -2.38. The Kier molecular flexibility index (Phi) is 8.82. The van der Waals surface area contributed by atoms with Gasteiger partial charge in [-0.05, 0) is 56.3 Å². The Morgan fingerprint density at radius 1 is 1.20 bits per heavy atom. The summed E-state index contributed by atoms with van der Waals surface area (Å²) in [6.07, 6.45) is 7.32. The first-order valence-corrected chi connectivity index (χ1v) is 11.6. The smallest absolute Gasteiger partial charge is 0.191 e. The molecule has 0 spiro atoms. The summed E-state index contributed by atoms with van der Waals surface area (Å²) in [6, 6.07) is 9.26. The van der Waals surface area contributed by atoms with Crippen molar-refractivity contribution in [3.63, 3.8) is 0 Å². The van der Waals surface area contributed by atoms with Crippen molar-refractivity contribution < 1.29 is 9.47 Å². The summed E-state index contributed by atoms with van der Waals surface area (Å²) in [5.74, 6) is 1.79. The lowest BCUT2D eigenvalue weighted by molar-refractivity contribution is 0.0513. The molecule has 0 aromatic heterocycles. The quantitative estimate of drug-likeness (QED) is 0.504. The number of methoxy groups -OCH3 is 1. The fraction of sp³-hybridized carbons (Fsp3) is 0.708. The summed E-state index contributed by atoms with van der Waals surface area (Å²) in [5.41, 5.74) is 1.40. The fourth-order valence-electron chi connectivity index (χ4n) is 4.88. The van der Waals surface area contributed by atoms with Crippen LogP contribution in [0.3, 0.4) is 0 Å². The first-order valence-electron chi connectivity index (χ1n) is 11.6. The average molecular weight is 417 g/mol. The SMILES string of the molecule is CCC1CCCCN1CCNC(=NC)NCC1(c2ccc(OC)cc2)CCOCC1. The molecule has 2 aliphatic heterocycles. The standard InChI is InChI=1S/C24H40N4O2/c1-4-21-7-5-6-15-28(21)16-14-26-23(25-2)27-19-24(12-17-30-18-13-24)20-8-10-22(29-3)11-9-20/h8-11,21H,4-7,12-19H2,1-3H3,(H2,25,26,27). The Hall–Kier alpha value is -1.79. The number of hydrogen-bond acceptors (Lipinski definition) is 4. The molecule has 2 aliphatic rings. The topological polar surface area (TPSA) is 58.1 Å². The monoisotopic (exact) mass is 416 g/mol. The lowest BCUT2D eigenvalue weighted by atomic mass is 9.74. The van der Waals surface area contributed by atoms with Gasteiger partial charge in [0.1, 0.15) is 5.75 Å². The van der Waals surface area contributed by atoms with Gasteiger partial charge in [-0.25, -0.2) is 0 Å². The van der Waals surface area contributed by atoms with Gasteiger partial charge in [0.25, 0.3) is 0 Å². The van der Waals surface area contributed by atoms with Crippen molar-refractivity contribution in [2.75, 3.05) is 53.6 Å². The molecule has 3 rings (SSSR count). The molecule has 2 saturated heterocycles. The number of rotatable bonds is 8. The third-order valence-electron chi connectivity index (χ3n) is 6.88. The van der Waals surface area contributed by atoms with Gasteiger partial charge in [-0.15, -0.1) is 0 Å². The van der Waals surface area contributed by atoms with E-state index >= 15 is 0 Å². The van der Waals surface area contributed by atoms with Crippen molar-refractivity contribution >= 4 is 5.96 Å². The van der Waals surface area contributed by atoms with E-state index in [1.165, 1.54) is 37.8 Å². The van der Waals surface area contributed by atoms with E-state index in [9.17, 15) is 0 Å². The van der Waals surface area contributed by atoms with Crippen LogP contribution in [0.15, 0.2) is 29.3 Å². The molecule has 1 aromatic rings. The van der Waals surface area contributed by atoms with Crippen molar-refractivity contribution in [2.45, 2.75) is 56.9 Å². The van der Waals surface area contributed by atoms with Crippen molar-refractivity contribution in [1.82, 2.24) is 15.5 Å². The van der Waals surface area contributed by atoms with Crippen molar-refractivity contribution in [1.29, 1.82) is 0 Å². The molecule has 2 fully saturated rings. The van der Waals surface area contributed by atoms with Crippen molar-refractivity contribution in [3.8, 4) is 5.75 Å². The fourth-order valence-corrected chi connectivity index (χ4v) is 4.88. The van der Waals surface area contributed by atoms with Gasteiger partial charge in [0.2, 0.25) is 0 Å². The summed E-state index contributed by atoms with van der Waals surface area (Å²) < 4.78 is 11.0. The number of piperidine rings is 1. The molecular formula is C24H40N4O2. The summed E-state index contributed by atoms with van der Waals surface area (Å²) in [5, 5.41) is 7.14. The average Bonchev–Trinajstić information content (AvgIpc) is 2.82. The maximum absolute atomic E-state index is 5.67. The molecule has 0 bridgehead atoms. The van der Waals surface area contributed by atoms with E-state index in [1.807, 2.05) is 7.05 Å². The minimum atomic E-state index is 0.0579. The van der Waals surface area contributed by atoms with Crippen molar-refractivity contribution in [2.24, 2.45) is 4.99 Å².